The van der Waals surface area contributed by atoms with E-state index < -0.39 is 6.04 Å². The smallest absolute Gasteiger partial charge is 0.327 e. The number of rotatable bonds is 6. The number of imide groups is 1. The molecule has 0 spiro atoms. The number of fused-ring (bicyclic) bond motifs is 1. The quantitative estimate of drug-likeness (QED) is 0.441. The average Bonchev–Trinajstić information content (AvgIpc) is 2.92. The molecular formula is C18H22ClN3O4S. The van der Waals surface area contributed by atoms with Gasteiger partial charge < -0.3 is 15.0 Å². The number of carbonyl (C=O) groups is 3. The molecule has 1 aromatic carbocycles. The molecule has 0 bridgehead atoms. The normalized spacial score (nSPS) is 22.0. The highest BCUT2D eigenvalue weighted by Crippen LogP contribution is 2.28. The third-order valence-corrected chi connectivity index (χ3v) is 5.82. The molecular weight excluding hydrogens is 390 g/mol. The lowest BCUT2D eigenvalue weighted by Crippen LogP contribution is -2.49. The maximum Gasteiger partial charge on any atom is 0.327 e. The first-order chi connectivity index (χ1) is 13.0. The van der Waals surface area contributed by atoms with E-state index in [4.69, 9.17) is 16.3 Å². The zero-order chi connectivity index (χ0) is 19.6. The van der Waals surface area contributed by atoms with E-state index in [1.54, 1.807) is 22.7 Å². The van der Waals surface area contributed by atoms with Gasteiger partial charge in [0.25, 0.3) is 11.8 Å². The van der Waals surface area contributed by atoms with Crippen LogP contribution < -0.4 is 10.1 Å². The first-order valence-corrected chi connectivity index (χ1v) is 10.5. The predicted molar refractivity (Wildman–Crippen MR) is 104 cm³/mol. The van der Waals surface area contributed by atoms with Gasteiger partial charge in [0, 0.05) is 29.9 Å². The molecule has 2 atom stereocenters. The second-order valence-corrected chi connectivity index (χ2v) is 7.69. The Hall–Kier alpha value is -1.93. The molecule has 146 valence electrons. The van der Waals surface area contributed by atoms with Crippen LogP contribution in [0.4, 0.5) is 4.79 Å². The number of ether oxygens (including phenoxy) is 1. The van der Waals surface area contributed by atoms with Crippen LogP contribution in [0.5, 0.6) is 5.75 Å². The van der Waals surface area contributed by atoms with Gasteiger partial charge >= 0.3 is 6.03 Å². The van der Waals surface area contributed by atoms with Crippen LogP contribution in [0.1, 0.15) is 23.2 Å². The lowest BCUT2D eigenvalue weighted by atomic mass is 9.97. The lowest BCUT2D eigenvalue weighted by Gasteiger charge is -2.32. The molecule has 2 aliphatic heterocycles. The number of alkyl halides is 1. The Balaban J connectivity index is 1.69. The fraction of sp³-hybridized carbons (Fsp3) is 0.500. The van der Waals surface area contributed by atoms with Crippen LogP contribution >= 0.6 is 23.4 Å². The number of hydrogen-bond acceptors (Lipinski definition) is 5. The third-order valence-electron chi connectivity index (χ3n) is 4.93. The maximum atomic E-state index is 12.7. The number of piperidine rings is 1. The molecule has 27 heavy (non-hydrogen) atoms. The van der Waals surface area contributed by atoms with Gasteiger partial charge in [0.15, 0.2) is 0 Å². The number of urea groups is 1. The largest absolute Gasteiger partial charge is 0.496 e. The second-order valence-electron chi connectivity index (χ2n) is 6.43. The zero-order valence-electron chi connectivity index (χ0n) is 15.2. The van der Waals surface area contributed by atoms with Crippen LogP contribution in [0.25, 0.3) is 0 Å². The number of benzene rings is 1. The molecule has 2 saturated heterocycles. The molecule has 0 aliphatic carbocycles. The van der Waals surface area contributed by atoms with Crippen LogP contribution in [-0.2, 0) is 4.79 Å². The van der Waals surface area contributed by atoms with Gasteiger partial charge in [0.05, 0.1) is 12.7 Å². The molecule has 0 aromatic heterocycles. The van der Waals surface area contributed by atoms with Crippen molar-refractivity contribution in [2.75, 3.05) is 32.3 Å². The maximum absolute atomic E-state index is 12.7. The first-order valence-electron chi connectivity index (χ1n) is 8.71. The van der Waals surface area contributed by atoms with Crippen molar-refractivity contribution in [2.45, 2.75) is 29.8 Å². The van der Waals surface area contributed by atoms with Crippen molar-refractivity contribution in [3.63, 3.8) is 0 Å². The monoisotopic (exact) mass is 411 g/mol. The minimum absolute atomic E-state index is 0.184. The fourth-order valence-corrected chi connectivity index (χ4v) is 4.13. The number of halogens is 1. The highest BCUT2D eigenvalue weighted by Gasteiger charge is 2.47. The Kier molecular flexibility index (Phi) is 6.16. The Morgan fingerprint density at radius 3 is 2.85 bits per heavy atom. The van der Waals surface area contributed by atoms with Crippen molar-refractivity contribution >= 4 is 41.2 Å². The van der Waals surface area contributed by atoms with E-state index in [-0.39, 0.29) is 36.3 Å². The summed E-state index contributed by atoms with van der Waals surface area (Å²) in [4.78, 5) is 41.3. The number of nitrogens with one attached hydrogen (secondary N) is 1. The highest BCUT2D eigenvalue weighted by molar-refractivity contribution is 7.98. The van der Waals surface area contributed by atoms with Crippen LogP contribution in [-0.4, -0.2) is 72.1 Å². The van der Waals surface area contributed by atoms with E-state index in [0.29, 0.717) is 30.7 Å². The van der Waals surface area contributed by atoms with E-state index in [0.717, 1.165) is 4.90 Å². The van der Waals surface area contributed by atoms with Gasteiger partial charge in [0.1, 0.15) is 11.8 Å². The lowest BCUT2D eigenvalue weighted by molar-refractivity contribution is -0.128. The van der Waals surface area contributed by atoms with Gasteiger partial charge in [0.2, 0.25) is 0 Å². The van der Waals surface area contributed by atoms with Gasteiger partial charge in [-0.25, -0.2) is 4.79 Å². The zero-order valence-corrected chi connectivity index (χ0v) is 16.8. The van der Waals surface area contributed by atoms with Crippen molar-refractivity contribution in [3.8, 4) is 5.75 Å². The molecule has 1 aromatic rings. The molecule has 4 amide bonds. The summed E-state index contributed by atoms with van der Waals surface area (Å²) in [6, 6.07) is 4.43. The number of thioether (sulfide) groups is 1. The summed E-state index contributed by atoms with van der Waals surface area (Å²) in [6.45, 7) is 0.643. The number of hydrogen-bond donors (Lipinski definition) is 1. The van der Waals surface area contributed by atoms with Crippen LogP contribution in [0.15, 0.2) is 23.1 Å². The minimum Gasteiger partial charge on any atom is -0.496 e. The molecule has 9 heteroatoms. The average molecular weight is 412 g/mol. The summed E-state index contributed by atoms with van der Waals surface area (Å²) in [5, 5.41) is 2.98. The van der Waals surface area contributed by atoms with Gasteiger partial charge in [-0.2, -0.15) is 0 Å². The van der Waals surface area contributed by atoms with Gasteiger partial charge in [-0.1, -0.05) is 0 Å². The molecule has 0 radical (unpaired) electrons. The van der Waals surface area contributed by atoms with Crippen molar-refractivity contribution in [2.24, 2.45) is 0 Å². The predicted octanol–water partition coefficient (Wildman–Crippen LogP) is 2.18. The van der Waals surface area contributed by atoms with Crippen LogP contribution in [0.2, 0.25) is 0 Å². The van der Waals surface area contributed by atoms with Gasteiger partial charge in [-0.3, -0.25) is 14.5 Å². The molecule has 1 N–H and O–H groups in total. The molecule has 3 rings (SSSR count). The molecule has 0 saturated carbocycles. The Morgan fingerprint density at radius 1 is 1.41 bits per heavy atom. The molecule has 2 unspecified atom stereocenters. The summed E-state index contributed by atoms with van der Waals surface area (Å²) in [7, 11) is 1.53. The summed E-state index contributed by atoms with van der Waals surface area (Å²) in [5.74, 6) is 0.246. The van der Waals surface area contributed by atoms with E-state index in [2.05, 4.69) is 5.32 Å². The summed E-state index contributed by atoms with van der Waals surface area (Å²) < 4.78 is 5.34. The van der Waals surface area contributed by atoms with E-state index in [1.165, 1.54) is 12.0 Å². The Labute approximate surface area is 167 Å². The SMILES string of the molecule is COc1cc(SC)ccc1C(=O)NC1CCN2C(=O)N(CCCl)C(=O)C2C1. The van der Waals surface area contributed by atoms with Gasteiger partial charge in [-0.15, -0.1) is 23.4 Å². The molecule has 2 heterocycles. The van der Waals surface area contributed by atoms with Crippen molar-refractivity contribution in [1.29, 1.82) is 0 Å². The van der Waals surface area contributed by atoms with Crippen LogP contribution in [0, 0.1) is 0 Å². The van der Waals surface area contributed by atoms with Gasteiger partial charge in [-0.05, 0) is 37.3 Å². The van der Waals surface area contributed by atoms with E-state index >= 15 is 0 Å². The first kappa shape index (κ1) is 19.8. The standard InChI is InChI=1S/C18H22ClN3O4S/c1-26-15-10-12(27-2)3-4-13(15)16(23)20-11-5-7-21-14(9-11)17(24)22(8-6-19)18(21)25/h3-4,10-11,14H,5-9H2,1-2H3,(H,20,23). The fourth-order valence-electron chi connectivity index (χ4n) is 3.53. The van der Waals surface area contributed by atoms with Crippen molar-refractivity contribution < 1.29 is 19.1 Å². The topological polar surface area (TPSA) is 79.0 Å². The summed E-state index contributed by atoms with van der Waals surface area (Å²) >= 11 is 7.26. The van der Waals surface area contributed by atoms with Crippen molar-refractivity contribution in [1.82, 2.24) is 15.1 Å². The number of nitrogens with zero attached hydrogens (tertiary/aromatic N) is 2. The molecule has 7 nitrogen and oxygen atoms in total. The highest BCUT2D eigenvalue weighted by atomic mass is 35.5. The minimum atomic E-state index is -0.527. The number of amides is 4. The van der Waals surface area contributed by atoms with E-state index in [9.17, 15) is 14.4 Å². The molecule has 2 aliphatic rings. The summed E-state index contributed by atoms with van der Waals surface area (Å²) in [5.41, 5.74) is 0.454. The number of carbonyl (C=O) groups excluding carboxylic acids is 3. The Morgan fingerprint density at radius 2 is 2.19 bits per heavy atom. The number of methoxy groups -OCH3 is 1. The third kappa shape index (κ3) is 3.87. The Bertz CT molecular complexity index is 760. The summed E-state index contributed by atoms with van der Waals surface area (Å²) in [6.07, 6.45) is 2.96. The van der Waals surface area contributed by atoms with Crippen molar-refractivity contribution in [3.05, 3.63) is 23.8 Å². The van der Waals surface area contributed by atoms with E-state index in [1.807, 2.05) is 18.4 Å². The van der Waals surface area contributed by atoms with Crippen LogP contribution in [0.3, 0.4) is 0 Å². The molecule has 2 fully saturated rings. The second kappa shape index (κ2) is 8.39.